The largest absolute Gasteiger partial charge is 0.497 e. The summed E-state index contributed by atoms with van der Waals surface area (Å²) in [6.45, 7) is 6.78. The molecule has 2 N–H and O–H groups in total. The molecule has 112 valence electrons. The minimum atomic E-state index is 0.653. The molecular weight excluding hydrogens is 250 g/mol. The van der Waals surface area contributed by atoms with Gasteiger partial charge in [0, 0.05) is 13.1 Å². The second-order valence-electron chi connectivity index (χ2n) is 4.68. The van der Waals surface area contributed by atoms with Crippen molar-refractivity contribution < 1.29 is 4.74 Å². The van der Waals surface area contributed by atoms with E-state index in [1.807, 2.05) is 18.2 Å². The maximum Gasteiger partial charge on any atom is 0.191 e. The van der Waals surface area contributed by atoms with E-state index in [1.54, 1.807) is 7.11 Å². The Morgan fingerprint density at radius 2 is 2.05 bits per heavy atom. The molecule has 0 aliphatic rings. The highest BCUT2D eigenvalue weighted by Gasteiger charge is 1.98. The monoisotopic (exact) mass is 277 g/mol. The summed E-state index contributed by atoms with van der Waals surface area (Å²) < 4.78 is 5.22. The number of hydrogen-bond acceptors (Lipinski definition) is 2. The summed E-state index contributed by atoms with van der Waals surface area (Å²) in [6, 6.07) is 8.02. The maximum absolute atomic E-state index is 5.22. The van der Waals surface area contributed by atoms with Gasteiger partial charge in [-0.3, -0.25) is 0 Å². The number of ether oxygens (including phenoxy) is 1. The molecule has 0 aliphatic carbocycles. The molecule has 4 heteroatoms. The van der Waals surface area contributed by atoms with Crippen LogP contribution in [0.2, 0.25) is 0 Å². The van der Waals surface area contributed by atoms with Crippen LogP contribution in [0.15, 0.2) is 29.3 Å². The number of guanidine groups is 1. The van der Waals surface area contributed by atoms with Gasteiger partial charge in [-0.05, 0) is 31.0 Å². The predicted octanol–water partition coefficient (Wildman–Crippen LogP) is 2.94. The normalized spacial score (nSPS) is 11.2. The molecule has 0 radical (unpaired) electrons. The highest BCUT2D eigenvalue weighted by atomic mass is 16.5. The van der Waals surface area contributed by atoms with E-state index in [-0.39, 0.29) is 0 Å². The lowest BCUT2D eigenvalue weighted by atomic mass is 10.2. The molecule has 0 heterocycles. The van der Waals surface area contributed by atoms with Gasteiger partial charge in [-0.2, -0.15) is 0 Å². The minimum Gasteiger partial charge on any atom is -0.497 e. The van der Waals surface area contributed by atoms with Crippen molar-refractivity contribution in [3.63, 3.8) is 0 Å². The summed E-state index contributed by atoms with van der Waals surface area (Å²) in [7, 11) is 1.68. The molecule has 0 aromatic heterocycles. The highest BCUT2D eigenvalue weighted by molar-refractivity contribution is 5.79. The lowest BCUT2D eigenvalue weighted by molar-refractivity contribution is 0.414. The van der Waals surface area contributed by atoms with Crippen molar-refractivity contribution in [1.82, 2.24) is 10.6 Å². The van der Waals surface area contributed by atoms with Gasteiger partial charge < -0.3 is 15.4 Å². The van der Waals surface area contributed by atoms with Crippen molar-refractivity contribution in [3.05, 3.63) is 29.8 Å². The van der Waals surface area contributed by atoms with Gasteiger partial charge in [-0.25, -0.2) is 4.99 Å². The van der Waals surface area contributed by atoms with E-state index in [0.717, 1.165) is 30.4 Å². The number of nitrogens with one attached hydrogen (secondary N) is 2. The van der Waals surface area contributed by atoms with Crippen LogP contribution in [-0.2, 0) is 6.54 Å². The summed E-state index contributed by atoms with van der Waals surface area (Å²) >= 11 is 0. The van der Waals surface area contributed by atoms with Crippen LogP contribution in [0.5, 0.6) is 5.75 Å². The zero-order valence-electron chi connectivity index (χ0n) is 12.9. The Morgan fingerprint density at radius 3 is 2.75 bits per heavy atom. The molecule has 0 fully saturated rings. The van der Waals surface area contributed by atoms with Crippen molar-refractivity contribution in [1.29, 1.82) is 0 Å². The van der Waals surface area contributed by atoms with Crippen molar-refractivity contribution in [2.45, 2.75) is 39.7 Å². The van der Waals surface area contributed by atoms with Gasteiger partial charge in [-0.1, -0.05) is 31.9 Å². The summed E-state index contributed by atoms with van der Waals surface area (Å²) in [4.78, 5) is 4.60. The Balaban J connectivity index is 2.52. The van der Waals surface area contributed by atoms with Gasteiger partial charge >= 0.3 is 0 Å². The summed E-state index contributed by atoms with van der Waals surface area (Å²) in [5.41, 5.74) is 1.15. The number of rotatable bonds is 8. The second kappa shape index (κ2) is 10.1. The van der Waals surface area contributed by atoms with Crippen LogP contribution in [0.3, 0.4) is 0 Å². The van der Waals surface area contributed by atoms with E-state index in [1.165, 1.54) is 19.3 Å². The quantitative estimate of drug-likeness (QED) is 0.436. The molecule has 0 amide bonds. The fraction of sp³-hybridized carbons (Fsp3) is 0.562. The van der Waals surface area contributed by atoms with E-state index in [9.17, 15) is 0 Å². The standard InChI is InChI=1S/C16H27N3O/c1-4-6-7-11-18-16(17-5-2)19-13-14-9-8-10-15(12-14)20-3/h8-10,12H,4-7,11,13H2,1-3H3,(H2,17,18,19). The number of methoxy groups -OCH3 is 1. The van der Waals surface area contributed by atoms with E-state index in [4.69, 9.17) is 4.74 Å². The van der Waals surface area contributed by atoms with Crippen LogP contribution in [0.25, 0.3) is 0 Å². The van der Waals surface area contributed by atoms with E-state index >= 15 is 0 Å². The smallest absolute Gasteiger partial charge is 0.191 e. The third-order valence-corrected chi connectivity index (χ3v) is 2.97. The molecular formula is C16H27N3O. The van der Waals surface area contributed by atoms with E-state index in [0.29, 0.717) is 6.54 Å². The van der Waals surface area contributed by atoms with Crippen LogP contribution in [0, 0.1) is 0 Å². The van der Waals surface area contributed by atoms with Crippen molar-refractivity contribution in [2.75, 3.05) is 20.2 Å². The number of nitrogens with zero attached hydrogens (tertiary/aromatic N) is 1. The number of hydrogen-bond donors (Lipinski definition) is 2. The fourth-order valence-corrected chi connectivity index (χ4v) is 1.86. The number of benzene rings is 1. The molecule has 0 bridgehead atoms. The average molecular weight is 277 g/mol. The van der Waals surface area contributed by atoms with Crippen LogP contribution >= 0.6 is 0 Å². The van der Waals surface area contributed by atoms with Gasteiger partial charge in [0.05, 0.1) is 13.7 Å². The first kappa shape index (κ1) is 16.3. The van der Waals surface area contributed by atoms with Gasteiger partial charge in [0.15, 0.2) is 5.96 Å². The third-order valence-electron chi connectivity index (χ3n) is 2.97. The molecule has 0 aliphatic heterocycles. The fourth-order valence-electron chi connectivity index (χ4n) is 1.86. The Morgan fingerprint density at radius 1 is 1.20 bits per heavy atom. The van der Waals surface area contributed by atoms with Crippen molar-refractivity contribution in [2.24, 2.45) is 4.99 Å². The Hall–Kier alpha value is -1.71. The van der Waals surface area contributed by atoms with Gasteiger partial charge in [-0.15, -0.1) is 0 Å². The molecule has 0 saturated carbocycles. The Bertz CT molecular complexity index is 404. The first-order chi connectivity index (χ1) is 9.80. The second-order valence-corrected chi connectivity index (χ2v) is 4.68. The lowest BCUT2D eigenvalue weighted by Crippen LogP contribution is -2.37. The molecule has 1 rings (SSSR count). The average Bonchev–Trinajstić information content (AvgIpc) is 2.49. The molecule has 1 aromatic carbocycles. The third kappa shape index (κ3) is 6.45. The lowest BCUT2D eigenvalue weighted by Gasteiger charge is -2.11. The topological polar surface area (TPSA) is 45.7 Å². The summed E-state index contributed by atoms with van der Waals surface area (Å²) in [5.74, 6) is 1.75. The minimum absolute atomic E-state index is 0.653. The van der Waals surface area contributed by atoms with E-state index in [2.05, 4.69) is 35.5 Å². The molecule has 0 unspecified atom stereocenters. The SMILES string of the molecule is CCCCCNC(=NCc1cccc(OC)c1)NCC. The molecule has 4 nitrogen and oxygen atoms in total. The number of unbranched alkanes of at least 4 members (excludes halogenated alkanes) is 2. The van der Waals surface area contributed by atoms with Crippen LogP contribution < -0.4 is 15.4 Å². The molecule has 20 heavy (non-hydrogen) atoms. The van der Waals surface area contributed by atoms with Crippen LogP contribution in [-0.4, -0.2) is 26.2 Å². The van der Waals surface area contributed by atoms with Crippen LogP contribution in [0.1, 0.15) is 38.7 Å². The maximum atomic E-state index is 5.22. The van der Waals surface area contributed by atoms with Gasteiger partial charge in [0.1, 0.15) is 5.75 Å². The number of aliphatic imine (C=N–C) groups is 1. The predicted molar refractivity (Wildman–Crippen MR) is 85.3 cm³/mol. The van der Waals surface area contributed by atoms with Crippen molar-refractivity contribution >= 4 is 5.96 Å². The highest BCUT2D eigenvalue weighted by Crippen LogP contribution is 2.13. The van der Waals surface area contributed by atoms with Gasteiger partial charge in [0.2, 0.25) is 0 Å². The zero-order valence-corrected chi connectivity index (χ0v) is 12.9. The Labute approximate surface area is 122 Å². The van der Waals surface area contributed by atoms with Crippen LogP contribution in [0.4, 0.5) is 0 Å². The van der Waals surface area contributed by atoms with Gasteiger partial charge in [0.25, 0.3) is 0 Å². The molecule has 0 atom stereocenters. The summed E-state index contributed by atoms with van der Waals surface area (Å²) in [6.07, 6.45) is 3.67. The Kier molecular flexibility index (Phi) is 8.27. The van der Waals surface area contributed by atoms with E-state index < -0.39 is 0 Å². The molecule has 0 saturated heterocycles. The summed E-state index contributed by atoms with van der Waals surface area (Å²) in [5, 5.41) is 6.63. The first-order valence-electron chi connectivity index (χ1n) is 7.45. The first-order valence-corrected chi connectivity index (χ1v) is 7.45. The molecule has 1 aromatic rings. The molecule has 0 spiro atoms. The van der Waals surface area contributed by atoms with Crippen molar-refractivity contribution in [3.8, 4) is 5.75 Å². The zero-order chi connectivity index (χ0) is 14.6.